The first-order valence-corrected chi connectivity index (χ1v) is 5.96. The molecule has 0 radical (unpaired) electrons. The molecule has 5 nitrogen and oxygen atoms in total. The number of furan rings is 1. The molecular weight excluding hydrogens is 246 g/mol. The maximum absolute atomic E-state index is 12.0. The number of benzene rings is 1. The summed E-state index contributed by atoms with van der Waals surface area (Å²) in [6.07, 6.45) is 1.47. The van der Waals surface area contributed by atoms with E-state index in [4.69, 9.17) is 9.52 Å². The third kappa shape index (κ3) is 2.59. The standard InChI is InChI=1S/C14H15NO4/c1-9(14(17)18)7-13(16)15(2)11-8-19-12-6-4-3-5-10(11)12/h3-6,8-9H,7H2,1-2H3,(H,17,18). The van der Waals surface area contributed by atoms with Crippen LogP contribution in [0, 0.1) is 5.92 Å². The highest BCUT2D eigenvalue weighted by Crippen LogP contribution is 2.28. The zero-order valence-electron chi connectivity index (χ0n) is 10.8. The van der Waals surface area contributed by atoms with Crippen molar-refractivity contribution in [2.45, 2.75) is 13.3 Å². The van der Waals surface area contributed by atoms with Gasteiger partial charge in [0.05, 0.1) is 11.6 Å². The van der Waals surface area contributed by atoms with E-state index in [0.29, 0.717) is 11.3 Å². The zero-order valence-corrected chi connectivity index (χ0v) is 10.8. The van der Waals surface area contributed by atoms with E-state index in [9.17, 15) is 9.59 Å². The molecule has 19 heavy (non-hydrogen) atoms. The first kappa shape index (κ1) is 13.1. The molecule has 1 aromatic carbocycles. The molecule has 0 spiro atoms. The first-order valence-electron chi connectivity index (χ1n) is 5.96. The van der Waals surface area contributed by atoms with Crippen molar-refractivity contribution in [1.82, 2.24) is 0 Å². The Balaban J connectivity index is 2.22. The molecule has 1 amide bonds. The van der Waals surface area contributed by atoms with E-state index in [1.807, 2.05) is 24.3 Å². The molecule has 0 aliphatic carbocycles. The number of carbonyl (C=O) groups excluding carboxylic acids is 1. The molecule has 0 fully saturated rings. The van der Waals surface area contributed by atoms with E-state index in [0.717, 1.165) is 5.39 Å². The summed E-state index contributed by atoms with van der Waals surface area (Å²) >= 11 is 0. The minimum absolute atomic E-state index is 0.0364. The molecule has 100 valence electrons. The molecule has 0 saturated heterocycles. The number of nitrogens with zero attached hydrogens (tertiary/aromatic N) is 1. The summed E-state index contributed by atoms with van der Waals surface area (Å²) < 4.78 is 5.36. The van der Waals surface area contributed by atoms with Gasteiger partial charge in [-0.25, -0.2) is 0 Å². The Morgan fingerprint density at radius 2 is 2.05 bits per heavy atom. The van der Waals surface area contributed by atoms with Crippen molar-refractivity contribution >= 4 is 28.5 Å². The summed E-state index contributed by atoms with van der Waals surface area (Å²) in [6, 6.07) is 7.39. The molecule has 0 saturated carbocycles. The molecule has 1 heterocycles. The first-order chi connectivity index (χ1) is 9.00. The molecule has 0 aliphatic rings. The largest absolute Gasteiger partial charge is 0.481 e. The summed E-state index contributed by atoms with van der Waals surface area (Å²) in [5.41, 5.74) is 1.35. The Kier molecular flexibility index (Phi) is 3.55. The van der Waals surface area contributed by atoms with E-state index < -0.39 is 11.9 Å². The van der Waals surface area contributed by atoms with Crippen LogP contribution in [0.3, 0.4) is 0 Å². The van der Waals surface area contributed by atoms with Gasteiger partial charge >= 0.3 is 5.97 Å². The number of fused-ring (bicyclic) bond motifs is 1. The molecule has 0 bridgehead atoms. The molecule has 1 atom stereocenters. The fourth-order valence-electron chi connectivity index (χ4n) is 1.84. The Morgan fingerprint density at radius 3 is 2.74 bits per heavy atom. The normalized spacial score (nSPS) is 12.3. The average Bonchev–Trinajstić information content (AvgIpc) is 2.81. The summed E-state index contributed by atoms with van der Waals surface area (Å²) in [5, 5.41) is 9.66. The number of amides is 1. The number of para-hydroxylation sites is 1. The predicted molar refractivity (Wildman–Crippen MR) is 71.0 cm³/mol. The topological polar surface area (TPSA) is 70.8 Å². The molecule has 1 aromatic heterocycles. The summed E-state index contributed by atoms with van der Waals surface area (Å²) in [6.45, 7) is 1.52. The van der Waals surface area contributed by atoms with Crippen molar-refractivity contribution in [3.63, 3.8) is 0 Å². The predicted octanol–water partition coefficient (Wildman–Crippen LogP) is 2.51. The number of aliphatic carboxylic acids is 1. The Labute approximate surface area is 110 Å². The monoisotopic (exact) mass is 261 g/mol. The molecule has 5 heteroatoms. The van der Waals surface area contributed by atoms with Crippen LogP contribution in [0.4, 0.5) is 5.69 Å². The van der Waals surface area contributed by atoms with E-state index in [1.54, 1.807) is 7.05 Å². The van der Waals surface area contributed by atoms with Gasteiger partial charge in [-0.15, -0.1) is 0 Å². The second kappa shape index (κ2) is 5.14. The van der Waals surface area contributed by atoms with Gasteiger partial charge in [0.1, 0.15) is 11.8 Å². The summed E-state index contributed by atoms with van der Waals surface area (Å²) in [4.78, 5) is 24.2. The molecule has 1 unspecified atom stereocenters. The second-order valence-electron chi connectivity index (χ2n) is 4.51. The van der Waals surface area contributed by atoms with Gasteiger partial charge in [-0.1, -0.05) is 19.1 Å². The SMILES string of the molecule is CC(CC(=O)N(C)c1coc2ccccc12)C(=O)O. The number of carbonyl (C=O) groups is 2. The minimum Gasteiger partial charge on any atom is -0.481 e. The minimum atomic E-state index is -0.973. The fraction of sp³-hybridized carbons (Fsp3) is 0.286. The van der Waals surface area contributed by atoms with Crippen LogP contribution in [-0.4, -0.2) is 24.0 Å². The van der Waals surface area contributed by atoms with Crippen molar-refractivity contribution in [3.05, 3.63) is 30.5 Å². The van der Waals surface area contributed by atoms with E-state index >= 15 is 0 Å². The molecule has 2 rings (SSSR count). The summed E-state index contributed by atoms with van der Waals surface area (Å²) in [7, 11) is 1.62. The van der Waals surface area contributed by atoms with Crippen molar-refractivity contribution in [3.8, 4) is 0 Å². The molecular formula is C14H15NO4. The fourth-order valence-corrected chi connectivity index (χ4v) is 1.84. The van der Waals surface area contributed by atoms with Crippen LogP contribution in [0.1, 0.15) is 13.3 Å². The van der Waals surface area contributed by atoms with Gasteiger partial charge in [0.25, 0.3) is 0 Å². The molecule has 1 N–H and O–H groups in total. The van der Waals surface area contributed by atoms with E-state index in [1.165, 1.54) is 18.1 Å². The third-order valence-electron chi connectivity index (χ3n) is 3.10. The molecule has 0 aliphatic heterocycles. The van der Waals surface area contributed by atoms with Crippen LogP contribution < -0.4 is 4.90 Å². The zero-order chi connectivity index (χ0) is 14.0. The number of rotatable bonds is 4. The van der Waals surface area contributed by atoms with Crippen LogP contribution in [0.5, 0.6) is 0 Å². The highest BCUT2D eigenvalue weighted by atomic mass is 16.4. The van der Waals surface area contributed by atoms with Crippen molar-refractivity contribution in [2.24, 2.45) is 5.92 Å². The van der Waals surface area contributed by atoms with Gasteiger partial charge in [-0.3, -0.25) is 9.59 Å². The van der Waals surface area contributed by atoms with Crippen LogP contribution in [-0.2, 0) is 9.59 Å². The highest BCUT2D eigenvalue weighted by Gasteiger charge is 2.21. The number of hydrogen-bond acceptors (Lipinski definition) is 3. The van der Waals surface area contributed by atoms with Gasteiger partial charge in [0.15, 0.2) is 0 Å². The van der Waals surface area contributed by atoms with Gasteiger partial charge < -0.3 is 14.4 Å². The maximum atomic E-state index is 12.0. The van der Waals surface area contributed by atoms with Gasteiger partial charge in [0, 0.05) is 18.9 Å². The lowest BCUT2D eigenvalue weighted by atomic mass is 10.1. The lowest BCUT2D eigenvalue weighted by molar-refractivity contribution is -0.143. The Morgan fingerprint density at radius 1 is 1.37 bits per heavy atom. The van der Waals surface area contributed by atoms with Crippen LogP contribution in [0.25, 0.3) is 11.0 Å². The van der Waals surface area contributed by atoms with Crippen LogP contribution in [0.15, 0.2) is 34.9 Å². The Bertz CT molecular complexity index is 617. The second-order valence-corrected chi connectivity index (χ2v) is 4.51. The number of carboxylic acids is 1. The third-order valence-corrected chi connectivity index (χ3v) is 3.10. The van der Waals surface area contributed by atoms with E-state index in [-0.39, 0.29) is 12.3 Å². The number of anilines is 1. The highest BCUT2D eigenvalue weighted by molar-refractivity contribution is 6.02. The summed E-state index contributed by atoms with van der Waals surface area (Å²) in [5.74, 6) is -1.92. The number of carboxylic acid groups (broad SMARTS) is 1. The van der Waals surface area contributed by atoms with E-state index in [2.05, 4.69) is 0 Å². The average molecular weight is 261 g/mol. The van der Waals surface area contributed by atoms with Gasteiger partial charge in [0.2, 0.25) is 5.91 Å². The van der Waals surface area contributed by atoms with Gasteiger partial charge in [-0.05, 0) is 12.1 Å². The van der Waals surface area contributed by atoms with Crippen molar-refractivity contribution in [1.29, 1.82) is 0 Å². The lowest BCUT2D eigenvalue weighted by Crippen LogP contribution is -2.29. The smallest absolute Gasteiger partial charge is 0.306 e. The van der Waals surface area contributed by atoms with Crippen LogP contribution >= 0.6 is 0 Å². The maximum Gasteiger partial charge on any atom is 0.306 e. The lowest BCUT2D eigenvalue weighted by Gasteiger charge is -2.16. The number of hydrogen-bond donors (Lipinski definition) is 1. The molecule has 2 aromatic rings. The van der Waals surface area contributed by atoms with Gasteiger partial charge in [-0.2, -0.15) is 0 Å². The Hall–Kier alpha value is -2.30. The van der Waals surface area contributed by atoms with Crippen molar-refractivity contribution in [2.75, 3.05) is 11.9 Å². The quantitative estimate of drug-likeness (QED) is 0.917. The van der Waals surface area contributed by atoms with Crippen LogP contribution in [0.2, 0.25) is 0 Å². The van der Waals surface area contributed by atoms with Crippen molar-refractivity contribution < 1.29 is 19.1 Å².